The van der Waals surface area contributed by atoms with Gasteiger partial charge in [0.1, 0.15) is 18.4 Å². The van der Waals surface area contributed by atoms with E-state index in [4.69, 9.17) is 4.74 Å². The minimum absolute atomic E-state index is 0.287. The van der Waals surface area contributed by atoms with E-state index >= 15 is 0 Å². The standard InChI is InChI=1S/C32H38N2O4S2/c1-22-9-7-8-12-27(22)29-17-23(13-14-28(29)31(35)33-30(32(36)37)15-16-39-2)19-34-20-26(40-3)18-24(34)21-38-25-10-5-4-6-11-25/h4-14,17,24,26,30H,15-16,18-21H2,1-3H3,(H,33,35)(H,36,37)/t24-,26+,30-/m0/s1. The van der Waals surface area contributed by atoms with Crippen molar-refractivity contribution in [3.8, 4) is 16.9 Å². The van der Waals surface area contributed by atoms with Crippen LogP contribution in [-0.2, 0) is 11.3 Å². The topological polar surface area (TPSA) is 78.9 Å². The second-order valence-electron chi connectivity index (χ2n) is 10.1. The minimum Gasteiger partial charge on any atom is -0.492 e. The molecule has 1 fully saturated rings. The lowest BCUT2D eigenvalue weighted by molar-refractivity contribution is -0.139. The Bertz CT molecular complexity index is 1290. The van der Waals surface area contributed by atoms with E-state index in [9.17, 15) is 14.7 Å². The van der Waals surface area contributed by atoms with Crippen LogP contribution in [0.4, 0.5) is 0 Å². The third-order valence-corrected chi connectivity index (χ3v) is 9.02. The average molecular weight is 579 g/mol. The fourth-order valence-corrected chi connectivity index (χ4v) is 6.36. The van der Waals surface area contributed by atoms with Crippen LogP contribution in [0.3, 0.4) is 0 Å². The van der Waals surface area contributed by atoms with E-state index in [0.717, 1.165) is 47.5 Å². The van der Waals surface area contributed by atoms with E-state index in [2.05, 4.69) is 22.5 Å². The number of nitrogens with one attached hydrogen (secondary N) is 1. The first-order valence-corrected chi connectivity index (χ1v) is 16.2. The Morgan fingerprint density at radius 2 is 1.80 bits per heavy atom. The molecule has 1 saturated heterocycles. The molecule has 212 valence electrons. The number of carbonyl (C=O) groups excluding carboxylic acids is 1. The summed E-state index contributed by atoms with van der Waals surface area (Å²) < 4.78 is 6.14. The third-order valence-electron chi connectivity index (χ3n) is 7.37. The van der Waals surface area contributed by atoms with Crippen molar-refractivity contribution in [3.05, 3.63) is 89.5 Å². The van der Waals surface area contributed by atoms with Crippen LogP contribution in [-0.4, -0.2) is 70.6 Å². The number of hydrogen-bond acceptors (Lipinski definition) is 6. The van der Waals surface area contributed by atoms with Gasteiger partial charge in [-0.15, -0.1) is 0 Å². The molecule has 1 amide bonds. The first-order valence-electron chi connectivity index (χ1n) is 13.6. The molecule has 0 spiro atoms. The van der Waals surface area contributed by atoms with Gasteiger partial charge < -0.3 is 15.2 Å². The number of aryl methyl sites for hydroxylation is 1. The van der Waals surface area contributed by atoms with Gasteiger partial charge in [-0.1, -0.05) is 48.5 Å². The van der Waals surface area contributed by atoms with Crippen LogP contribution in [0.1, 0.15) is 34.3 Å². The molecule has 8 heteroatoms. The van der Waals surface area contributed by atoms with Gasteiger partial charge in [-0.25, -0.2) is 4.79 Å². The SMILES string of the molecule is CSCC[C@H](NC(=O)c1ccc(CN2C[C@H](SC)C[C@H]2COc2ccccc2)cc1-c1ccccc1C)C(=O)O. The summed E-state index contributed by atoms with van der Waals surface area (Å²) in [5.41, 5.74) is 4.44. The second-order valence-corrected chi connectivity index (χ2v) is 12.3. The molecule has 1 aliphatic rings. The van der Waals surface area contributed by atoms with Gasteiger partial charge in [0.05, 0.1) is 0 Å². The normalized spacial score (nSPS) is 17.9. The summed E-state index contributed by atoms with van der Waals surface area (Å²) in [5, 5.41) is 13.0. The highest BCUT2D eigenvalue weighted by molar-refractivity contribution is 7.99. The van der Waals surface area contributed by atoms with E-state index in [1.165, 1.54) is 0 Å². The largest absolute Gasteiger partial charge is 0.492 e. The van der Waals surface area contributed by atoms with Gasteiger partial charge in [-0.05, 0) is 84.5 Å². The van der Waals surface area contributed by atoms with Gasteiger partial charge >= 0.3 is 5.97 Å². The maximum atomic E-state index is 13.4. The predicted octanol–water partition coefficient (Wildman–Crippen LogP) is 5.98. The zero-order valence-electron chi connectivity index (χ0n) is 23.3. The lowest BCUT2D eigenvalue weighted by Crippen LogP contribution is -2.41. The summed E-state index contributed by atoms with van der Waals surface area (Å²) in [7, 11) is 0. The lowest BCUT2D eigenvalue weighted by atomic mass is 9.93. The number of benzene rings is 3. The summed E-state index contributed by atoms with van der Waals surface area (Å²) in [6.07, 6.45) is 5.52. The average Bonchev–Trinajstić information content (AvgIpc) is 3.36. The molecule has 0 aromatic heterocycles. The van der Waals surface area contributed by atoms with Crippen LogP contribution >= 0.6 is 23.5 Å². The van der Waals surface area contributed by atoms with Gasteiger partial charge in [0.15, 0.2) is 0 Å². The minimum atomic E-state index is -1.02. The Balaban J connectivity index is 1.59. The van der Waals surface area contributed by atoms with Crippen LogP contribution in [0.2, 0.25) is 0 Å². The van der Waals surface area contributed by atoms with E-state index in [0.29, 0.717) is 29.6 Å². The van der Waals surface area contributed by atoms with Crippen molar-refractivity contribution in [2.24, 2.45) is 0 Å². The quantitative estimate of drug-likeness (QED) is 0.258. The molecule has 0 aliphatic carbocycles. The number of carboxylic acid groups (broad SMARTS) is 1. The number of carboxylic acids is 1. The van der Waals surface area contributed by atoms with Gasteiger partial charge in [0.2, 0.25) is 0 Å². The zero-order valence-corrected chi connectivity index (χ0v) is 25.0. The van der Waals surface area contributed by atoms with Crippen molar-refractivity contribution in [2.75, 3.05) is 31.4 Å². The summed E-state index contributed by atoms with van der Waals surface area (Å²) in [5.74, 6) is 0.154. The molecule has 0 saturated carbocycles. The molecule has 1 aliphatic heterocycles. The molecule has 3 atom stereocenters. The molecule has 40 heavy (non-hydrogen) atoms. The highest BCUT2D eigenvalue weighted by atomic mass is 32.2. The van der Waals surface area contributed by atoms with Crippen molar-refractivity contribution in [1.82, 2.24) is 10.2 Å². The molecule has 0 unspecified atom stereocenters. The smallest absolute Gasteiger partial charge is 0.326 e. The van der Waals surface area contributed by atoms with Crippen LogP contribution in [0, 0.1) is 6.92 Å². The monoisotopic (exact) mass is 578 g/mol. The molecule has 3 aromatic rings. The lowest BCUT2D eigenvalue weighted by Gasteiger charge is -2.25. The highest BCUT2D eigenvalue weighted by Gasteiger charge is 2.32. The second kappa shape index (κ2) is 14.6. The number of thioether (sulfide) groups is 2. The Hall–Kier alpha value is -2.94. The molecule has 6 nitrogen and oxygen atoms in total. The number of rotatable bonds is 13. The molecular formula is C32H38N2O4S2. The van der Waals surface area contributed by atoms with Crippen LogP contribution < -0.4 is 10.1 Å². The summed E-state index contributed by atoms with van der Waals surface area (Å²) >= 11 is 3.46. The van der Waals surface area contributed by atoms with Crippen LogP contribution in [0.5, 0.6) is 5.75 Å². The van der Waals surface area contributed by atoms with Crippen molar-refractivity contribution in [1.29, 1.82) is 0 Å². The number of likely N-dealkylation sites (tertiary alicyclic amines) is 1. The van der Waals surface area contributed by atoms with E-state index in [-0.39, 0.29) is 11.9 Å². The van der Waals surface area contributed by atoms with Gasteiger partial charge in [0, 0.05) is 29.9 Å². The molecule has 1 heterocycles. The number of para-hydroxylation sites is 1. The predicted molar refractivity (Wildman–Crippen MR) is 167 cm³/mol. The van der Waals surface area contributed by atoms with Crippen LogP contribution in [0.15, 0.2) is 72.8 Å². The Morgan fingerprint density at radius 3 is 2.50 bits per heavy atom. The highest BCUT2D eigenvalue weighted by Crippen LogP contribution is 2.32. The zero-order chi connectivity index (χ0) is 28.5. The Kier molecular flexibility index (Phi) is 11.0. The number of ether oxygens (including phenoxy) is 1. The molecular weight excluding hydrogens is 540 g/mol. The first kappa shape index (κ1) is 30.0. The number of carbonyl (C=O) groups is 2. The van der Waals surface area contributed by atoms with Crippen LogP contribution in [0.25, 0.3) is 11.1 Å². The Morgan fingerprint density at radius 1 is 1.05 bits per heavy atom. The number of amides is 1. The molecule has 3 aromatic carbocycles. The van der Waals surface area contributed by atoms with Crippen molar-refractivity contribution in [3.63, 3.8) is 0 Å². The molecule has 0 bridgehead atoms. The number of aliphatic carboxylic acids is 1. The fraction of sp³-hybridized carbons (Fsp3) is 0.375. The number of nitrogens with zero attached hydrogens (tertiary/aromatic N) is 1. The molecule has 2 N–H and O–H groups in total. The number of hydrogen-bond donors (Lipinski definition) is 2. The fourth-order valence-electron chi connectivity index (χ4n) is 5.13. The van der Waals surface area contributed by atoms with Gasteiger partial charge in [0.25, 0.3) is 5.91 Å². The summed E-state index contributed by atoms with van der Waals surface area (Å²) in [6.45, 7) is 4.37. The van der Waals surface area contributed by atoms with Crippen molar-refractivity contribution < 1.29 is 19.4 Å². The molecule has 4 rings (SSSR count). The van der Waals surface area contributed by atoms with E-state index in [1.807, 2.05) is 91.7 Å². The summed E-state index contributed by atoms with van der Waals surface area (Å²) in [6, 6.07) is 23.2. The maximum absolute atomic E-state index is 13.4. The van der Waals surface area contributed by atoms with Gasteiger partial charge in [-0.2, -0.15) is 23.5 Å². The maximum Gasteiger partial charge on any atom is 0.326 e. The van der Waals surface area contributed by atoms with E-state index in [1.54, 1.807) is 11.8 Å². The van der Waals surface area contributed by atoms with Crippen molar-refractivity contribution >= 4 is 35.4 Å². The Labute approximate surface area is 245 Å². The summed E-state index contributed by atoms with van der Waals surface area (Å²) in [4.78, 5) is 27.7. The van der Waals surface area contributed by atoms with Gasteiger partial charge in [-0.3, -0.25) is 9.69 Å². The van der Waals surface area contributed by atoms with Crippen molar-refractivity contribution in [2.45, 2.75) is 43.6 Å². The first-order chi connectivity index (χ1) is 19.4. The molecule has 0 radical (unpaired) electrons. The third kappa shape index (κ3) is 7.83. The van der Waals surface area contributed by atoms with E-state index < -0.39 is 12.0 Å².